The van der Waals surface area contributed by atoms with Gasteiger partial charge in [-0.15, -0.1) is 0 Å². The Bertz CT molecular complexity index is 573. The lowest BCUT2D eigenvalue weighted by atomic mass is 9.84. The molecule has 0 saturated heterocycles. The van der Waals surface area contributed by atoms with E-state index in [1.54, 1.807) is 26.4 Å². The molecule has 1 aliphatic carbocycles. The Labute approximate surface area is 130 Å². The van der Waals surface area contributed by atoms with E-state index in [1.165, 1.54) is 0 Å². The van der Waals surface area contributed by atoms with Crippen LogP contribution in [0.4, 0.5) is 0 Å². The fourth-order valence-electron chi connectivity index (χ4n) is 3.34. The first-order chi connectivity index (χ1) is 10.1. The number of aliphatic imine (C=N–C) groups is 1. The predicted molar refractivity (Wildman–Crippen MR) is 82.2 cm³/mol. The molecule has 0 bridgehead atoms. The molecular weight excluding hydrogens is 290 g/mol. The van der Waals surface area contributed by atoms with Crippen LogP contribution in [0, 0.1) is 0 Å². The van der Waals surface area contributed by atoms with E-state index in [9.17, 15) is 4.79 Å². The highest BCUT2D eigenvalue weighted by Gasteiger charge is 2.40. The van der Waals surface area contributed by atoms with Crippen LogP contribution in [0.25, 0.3) is 0 Å². The van der Waals surface area contributed by atoms with Crippen molar-refractivity contribution in [2.75, 3.05) is 14.2 Å². The van der Waals surface area contributed by atoms with Crippen molar-refractivity contribution in [2.24, 2.45) is 4.99 Å². The van der Waals surface area contributed by atoms with E-state index in [4.69, 9.17) is 21.1 Å². The van der Waals surface area contributed by atoms with E-state index < -0.39 is 5.54 Å². The van der Waals surface area contributed by atoms with Gasteiger partial charge in [0.05, 0.1) is 19.2 Å². The fourth-order valence-corrected chi connectivity index (χ4v) is 3.73. The smallest absolute Gasteiger partial charge is 0.235 e. The average Bonchev–Trinajstić information content (AvgIpc) is 2.95. The Morgan fingerprint density at radius 1 is 1.33 bits per heavy atom. The van der Waals surface area contributed by atoms with Crippen molar-refractivity contribution in [2.45, 2.75) is 44.6 Å². The summed E-state index contributed by atoms with van der Waals surface area (Å²) in [6, 6.07) is 1.75. The van der Waals surface area contributed by atoms with Crippen LogP contribution in [0.5, 0.6) is 11.5 Å². The molecule has 0 heterocycles. The van der Waals surface area contributed by atoms with Gasteiger partial charge in [0, 0.05) is 17.2 Å². The molecule has 0 radical (unpaired) electrons. The van der Waals surface area contributed by atoms with E-state index in [0.717, 1.165) is 43.2 Å². The third-order valence-electron chi connectivity index (χ3n) is 4.23. The minimum absolute atomic E-state index is 0.566. The third-order valence-corrected chi connectivity index (χ3v) is 4.53. The molecule has 2 rings (SSSR count). The fraction of sp³-hybridized carbons (Fsp3) is 0.562. The zero-order valence-electron chi connectivity index (χ0n) is 12.7. The lowest BCUT2D eigenvalue weighted by molar-refractivity contribution is 0.348. The van der Waals surface area contributed by atoms with Crippen molar-refractivity contribution in [1.82, 2.24) is 0 Å². The summed E-state index contributed by atoms with van der Waals surface area (Å²) < 4.78 is 10.9. The number of halogens is 1. The van der Waals surface area contributed by atoms with Gasteiger partial charge in [-0.3, -0.25) is 0 Å². The van der Waals surface area contributed by atoms with Crippen LogP contribution >= 0.6 is 11.6 Å². The van der Waals surface area contributed by atoms with Crippen molar-refractivity contribution < 1.29 is 14.3 Å². The third kappa shape index (κ3) is 2.66. The lowest BCUT2D eigenvalue weighted by Gasteiger charge is -2.28. The van der Waals surface area contributed by atoms with Gasteiger partial charge < -0.3 is 9.47 Å². The van der Waals surface area contributed by atoms with Gasteiger partial charge in [0.1, 0.15) is 5.54 Å². The Hall–Kier alpha value is -1.51. The Balaban J connectivity index is 2.75. The molecule has 0 aliphatic heterocycles. The van der Waals surface area contributed by atoms with Crippen molar-refractivity contribution in [3.8, 4) is 11.5 Å². The summed E-state index contributed by atoms with van der Waals surface area (Å²) in [5.74, 6) is 1.28. The molecule has 1 saturated carbocycles. The highest BCUT2D eigenvalue weighted by molar-refractivity contribution is 6.31. The van der Waals surface area contributed by atoms with E-state index in [2.05, 4.69) is 4.99 Å². The molecule has 0 N–H and O–H groups in total. The first-order valence-electron chi connectivity index (χ1n) is 7.16. The molecule has 1 aromatic rings. The van der Waals surface area contributed by atoms with Crippen molar-refractivity contribution in [3.05, 3.63) is 22.2 Å². The number of methoxy groups -OCH3 is 2. The average molecular weight is 310 g/mol. The molecule has 1 aliphatic rings. The first-order valence-corrected chi connectivity index (χ1v) is 7.54. The Morgan fingerprint density at radius 3 is 2.48 bits per heavy atom. The lowest BCUT2D eigenvalue weighted by Crippen LogP contribution is -2.22. The monoisotopic (exact) mass is 309 g/mol. The van der Waals surface area contributed by atoms with E-state index >= 15 is 0 Å². The topological polar surface area (TPSA) is 47.9 Å². The number of hydrogen-bond acceptors (Lipinski definition) is 4. The molecule has 0 unspecified atom stereocenters. The van der Waals surface area contributed by atoms with E-state index in [1.807, 2.05) is 6.92 Å². The van der Waals surface area contributed by atoms with Gasteiger partial charge >= 0.3 is 0 Å². The highest BCUT2D eigenvalue weighted by atomic mass is 35.5. The maximum Gasteiger partial charge on any atom is 0.235 e. The van der Waals surface area contributed by atoms with Crippen LogP contribution in [0.15, 0.2) is 11.1 Å². The summed E-state index contributed by atoms with van der Waals surface area (Å²) in [5, 5.41) is 0.574. The zero-order valence-corrected chi connectivity index (χ0v) is 13.4. The summed E-state index contributed by atoms with van der Waals surface area (Å²) >= 11 is 6.50. The molecule has 1 fully saturated rings. The molecule has 0 spiro atoms. The first kappa shape index (κ1) is 15.9. The predicted octanol–water partition coefficient (Wildman–Crippen LogP) is 4.02. The number of ether oxygens (including phenoxy) is 2. The minimum Gasteiger partial charge on any atom is -0.493 e. The van der Waals surface area contributed by atoms with Crippen LogP contribution in [0.3, 0.4) is 0 Å². The highest BCUT2D eigenvalue weighted by Crippen LogP contribution is 2.50. The van der Waals surface area contributed by atoms with Gasteiger partial charge in [-0.1, -0.05) is 31.4 Å². The molecule has 4 nitrogen and oxygen atoms in total. The summed E-state index contributed by atoms with van der Waals surface area (Å²) in [5.41, 5.74) is 1.29. The van der Waals surface area contributed by atoms with Crippen LogP contribution in [0.2, 0.25) is 5.02 Å². The summed E-state index contributed by atoms with van der Waals surface area (Å²) in [4.78, 5) is 15.1. The van der Waals surface area contributed by atoms with Gasteiger partial charge in [-0.05, 0) is 19.3 Å². The molecule has 0 atom stereocenters. The van der Waals surface area contributed by atoms with Crippen molar-refractivity contribution >= 4 is 17.7 Å². The van der Waals surface area contributed by atoms with Gasteiger partial charge in [-0.25, -0.2) is 4.79 Å². The number of hydrogen-bond donors (Lipinski definition) is 0. The summed E-state index contributed by atoms with van der Waals surface area (Å²) in [6.07, 6.45) is 6.14. The molecule has 5 heteroatoms. The summed E-state index contributed by atoms with van der Waals surface area (Å²) in [7, 11) is 3.20. The van der Waals surface area contributed by atoms with Crippen molar-refractivity contribution in [3.63, 3.8) is 0 Å². The molecule has 1 aromatic carbocycles. The molecule has 0 amide bonds. The van der Waals surface area contributed by atoms with E-state index in [-0.39, 0.29) is 0 Å². The number of nitrogens with zero attached hydrogens (tertiary/aromatic N) is 1. The van der Waals surface area contributed by atoms with Gasteiger partial charge in [0.25, 0.3) is 0 Å². The Morgan fingerprint density at radius 2 is 2.00 bits per heavy atom. The molecule has 0 aromatic heterocycles. The maximum absolute atomic E-state index is 10.9. The van der Waals surface area contributed by atoms with Gasteiger partial charge in [0.2, 0.25) is 6.08 Å². The normalized spacial score (nSPS) is 16.4. The second-order valence-corrected chi connectivity index (χ2v) is 5.65. The number of isocyanates is 1. The second kappa shape index (κ2) is 6.50. The molecule has 21 heavy (non-hydrogen) atoms. The second-order valence-electron chi connectivity index (χ2n) is 5.24. The summed E-state index contributed by atoms with van der Waals surface area (Å²) in [6.45, 7) is 2.03. The largest absolute Gasteiger partial charge is 0.493 e. The van der Waals surface area contributed by atoms with Crippen molar-refractivity contribution in [1.29, 1.82) is 0 Å². The Kier molecular flexibility index (Phi) is 4.92. The van der Waals surface area contributed by atoms with Gasteiger partial charge in [0.15, 0.2) is 11.5 Å². The quantitative estimate of drug-likeness (QED) is 0.609. The van der Waals surface area contributed by atoms with Crippen LogP contribution in [0.1, 0.15) is 43.7 Å². The van der Waals surface area contributed by atoms with E-state index in [0.29, 0.717) is 16.5 Å². The zero-order chi connectivity index (χ0) is 15.5. The van der Waals surface area contributed by atoms with Gasteiger partial charge in [-0.2, -0.15) is 4.99 Å². The number of rotatable bonds is 5. The maximum atomic E-state index is 10.9. The minimum atomic E-state index is -0.566. The number of benzene rings is 1. The standard InChI is InChI=1S/C16H20ClNO3/c1-4-11-14(16(18-10-19)7-5-6-8-16)12(17)9-13(20-2)15(11)21-3/h9H,4-8H2,1-3H3. The number of carbonyl (C=O) groups excluding carboxylic acids is 1. The molecular formula is C16H20ClNO3. The van der Waals surface area contributed by atoms with Crippen LogP contribution in [-0.4, -0.2) is 20.3 Å². The van der Waals surface area contributed by atoms with Crippen LogP contribution in [-0.2, 0) is 16.8 Å². The van der Waals surface area contributed by atoms with Crippen LogP contribution < -0.4 is 9.47 Å². The SMILES string of the molecule is CCc1c(OC)c(OC)cc(Cl)c1C1(N=C=O)CCCC1. The molecule has 114 valence electrons.